The Morgan fingerprint density at radius 2 is 2.05 bits per heavy atom. The van der Waals surface area contributed by atoms with Gasteiger partial charge in [-0.1, -0.05) is 30.2 Å². The van der Waals surface area contributed by atoms with Crippen LogP contribution >= 0.6 is 0 Å². The van der Waals surface area contributed by atoms with Crippen LogP contribution in [0.15, 0.2) is 18.2 Å². The summed E-state index contributed by atoms with van der Waals surface area (Å²) in [6, 6.07) is 8.20. The van der Waals surface area contributed by atoms with Gasteiger partial charge in [0.15, 0.2) is 0 Å². The van der Waals surface area contributed by atoms with Crippen LogP contribution in [0.25, 0.3) is 0 Å². The first-order valence-electron chi connectivity index (χ1n) is 8.31. The zero-order valence-electron chi connectivity index (χ0n) is 13.0. The number of hydrogen-bond acceptors (Lipinski definition) is 2. The molecular formula is C18H28N2. The van der Waals surface area contributed by atoms with E-state index in [-0.39, 0.29) is 0 Å². The fourth-order valence-corrected chi connectivity index (χ4v) is 3.73. The summed E-state index contributed by atoms with van der Waals surface area (Å²) in [5, 5.41) is 3.82. The van der Waals surface area contributed by atoms with Crippen molar-refractivity contribution in [1.82, 2.24) is 10.2 Å². The van der Waals surface area contributed by atoms with Crippen molar-refractivity contribution in [1.29, 1.82) is 0 Å². The van der Waals surface area contributed by atoms with Crippen LogP contribution in [-0.2, 0) is 6.42 Å². The molecule has 3 rings (SSSR count). The summed E-state index contributed by atoms with van der Waals surface area (Å²) < 4.78 is 0. The van der Waals surface area contributed by atoms with Gasteiger partial charge in [-0.25, -0.2) is 0 Å². The van der Waals surface area contributed by atoms with E-state index in [9.17, 15) is 0 Å². The molecule has 110 valence electrons. The van der Waals surface area contributed by atoms with Crippen LogP contribution < -0.4 is 5.32 Å². The molecule has 0 amide bonds. The predicted molar refractivity (Wildman–Crippen MR) is 85.1 cm³/mol. The average Bonchev–Trinajstić information content (AvgIpc) is 2.88. The first kappa shape index (κ1) is 14.1. The summed E-state index contributed by atoms with van der Waals surface area (Å²) in [5.41, 5.74) is 4.50. The van der Waals surface area contributed by atoms with E-state index in [1.807, 2.05) is 0 Å². The molecule has 0 aromatic heterocycles. The molecule has 1 fully saturated rings. The molecule has 2 atom stereocenters. The summed E-state index contributed by atoms with van der Waals surface area (Å²) in [6.07, 6.45) is 6.70. The maximum Gasteiger partial charge on any atom is 0.0326 e. The van der Waals surface area contributed by atoms with Crippen molar-refractivity contribution in [2.24, 2.45) is 0 Å². The summed E-state index contributed by atoms with van der Waals surface area (Å²) in [4.78, 5) is 2.66. The zero-order valence-corrected chi connectivity index (χ0v) is 13.0. The minimum absolute atomic E-state index is 0.581. The highest BCUT2D eigenvalue weighted by Gasteiger charge is 2.23. The van der Waals surface area contributed by atoms with Gasteiger partial charge < -0.3 is 5.32 Å². The van der Waals surface area contributed by atoms with Gasteiger partial charge >= 0.3 is 0 Å². The third-order valence-corrected chi connectivity index (χ3v) is 5.05. The first-order valence-corrected chi connectivity index (χ1v) is 8.31. The van der Waals surface area contributed by atoms with Gasteiger partial charge in [0.1, 0.15) is 0 Å². The topological polar surface area (TPSA) is 15.3 Å². The smallest absolute Gasteiger partial charge is 0.0326 e. The fraction of sp³-hybridized carbons (Fsp3) is 0.667. The number of nitrogens with one attached hydrogen (secondary N) is 1. The molecule has 1 aliphatic heterocycles. The molecule has 1 heterocycles. The Labute approximate surface area is 123 Å². The normalized spacial score (nSPS) is 24.6. The zero-order chi connectivity index (χ0) is 13.9. The first-order chi connectivity index (χ1) is 9.74. The predicted octanol–water partition coefficient (Wildman–Crippen LogP) is 3.45. The lowest BCUT2D eigenvalue weighted by Crippen LogP contribution is -2.43. The Kier molecular flexibility index (Phi) is 4.42. The maximum atomic E-state index is 3.82. The van der Waals surface area contributed by atoms with E-state index in [1.54, 1.807) is 11.1 Å². The van der Waals surface area contributed by atoms with Crippen molar-refractivity contribution in [3.8, 4) is 0 Å². The number of aryl methyl sites for hydroxylation is 2. The molecule has 1 aliphatic carbocycles. The second-order valence-corrected chi connectivity index (χ2v) is 6.65. The molecule has 2 aliphatic rings. The molecule has 1 aromatic carbocycles. The SMILES string of the molecule is Cc1ccc2c(c1)C(NCC(C)N1CCCCC1)CC2. The molecule has 0 saturated carbocycles. The van der Waals surface area contributed by atoms with Gasteiger partial charge in [0.05, 0.1) is 0 Å². The van der Waals surface area contributed by atoms with Crippen LogP contribution in [0.2, 0.25) is 0 Å². The van der Waals surface area contributed by atoms with E-state index in [4.69, 9.17) is 0 Å². The minimum atomic E-state index is 0.581. The Hall–Kier alpha value is -0.860. The summed E-state index contributed by atoms with van der Waals surface area (Å²) in [6.45, 7) is 8.29. The number of rotatable bonds is 4. The largest absolute Gasteiger partial charge is 0.308 e. The third kappa shape index (κ3) is 3.07. The number of nitrogens with zero attached hydrogens (tertiary/aromatic N) is 1. The molecule has 1 aromatic rings. The molecule has 20 heavy (non-hydrogen) atoms. The van der Waals surface area contributed by atoms with Crippen molar-refractivity contribution in [2.75, 3.05) is 19.6 Å². The quantitative estimate of drug-likeness (QED) is 0.903. The van der Waals surface area contributed by atoms with Crippen molar-refractivity contribution in [2.45, 2.75) is 58.0 Å². The van der Waals surface area contributed by atoms with Crippen LogP contribution in [0.5, 0.6) is 0 Å². The Balaban J connectivity index is 1.56. The van der Waals surface area contributed by atoms with Gasteiger partial charge in [0, 0.05) is 18.6 Å². The number of benzene rings is 1. The standard InChI is InChI=1S/C18H28N2/c1-14-6-7-16-8-9-18(17(16)12-14)19-13-15(2)20-10-4-3-5-11-20/h6-7,12,15,18-19H,3-5,8-11,13H2,1-2H3. The van der Waals surface area contributed by atoms with E-state index in [2.05, 4.69) is 42.3 Å². The highest BCUT2D eigenvalue weighted by atomic mass is 15.2. The van der Waals surface area contributed by atoms with Crippen LogP contribution in [0, 0.1) is 6.92 Å². The van der Waals surface area contributed by atoms with Crippen molar-refractivity contribution < 1.29 is 0 Å². The number of hydrogen-bond donors (Lipinski definition) is 1. The highest BCUT2D eigenvalue weighted by molar-refractivity contribution is 5.37. The molecule has 1 saturated heterocycles. The molecule has 0 radical (unpaired) electrons. The van der Waals surface area contributed by atoms with E-state index in [0.29, 0.717) is 12.1 Å². The van der Waals surface area contributed by atoms with Crippen LogP contribution in [0.3, 0.4) is 0 Å². The van der Waals surface area contributed by atoms with Gasteiger partial charge in [0.2, 0.25) is 0 Å². The molecule has 2 unspecified atom stereocenters. The lowest BCUT2D eigenvalue weighted by molar-refractivity contribution is 0.168. The number of fused-ring (bicyclic) bond motifs is 1. The van der Waals surface area contributed by atoms with Gasteiger partial charge in [-0.3, -0.25) is 4.90 Å². The van der Waals surface area contributed by atoms with Crippen molar-refractivity contribution in [3.05, 3.63) is 34.9 Å². The molecule has 2 nitrogen and oxygen atoms in total. The number of likely N-dealkylation sites (tertiary alicyclic amines) is 1. The lowest BCUT2D eigenvalue weighted by Gasteiger charge is -2.33. The summed E-state index contributed by atoms with van der Waals surface area (Å²) in [5.74, 6) is 0. The van der Waals surface area contributed by atoms with Crippen LogP contribution in [0.4, 0.5) is 0 Å². The van der Waals surface area contributed by atoms with E-state index >= 15 is 0 Å². The van der Waals surface area contributed by atoms with E-state index in [1.165, 1.54) is 50.8 Å². The van der Waals surface area contributed by atoms with Gasteiger partial charge in [-0.2, -0.15) is 0 Å². The Morgan fingerprint density at radius 1 is 1.25 bits per heavy atom. The lowest BCUT2D eigenvalue weighted by atomic mass is 10.0. The second-order valence-electron chi connectivity index (χ2n) is 6.65. The van der Waals surface area contributed by atoms with Gasteiger partial charge in [0.25, 0.3) is 0 Å². The average molecular weight is 272 g/mol. The van der Waals surface area contributed by atoms with Crippen molar-refractivity contribution in [3.63, 3.8) is 0 Å². The molecule has 0 spiro atoms. The third-order valence-electron chi connectivity index (χ3n) is 5.05. The van der Waals surface area contributed by atoms with Crippen molar-refractivity contribution >= 4 is 0 Å². The monoisotopic (exact) mass is 272 g/mol. The van der Waals surface area contributed by atoms with Crippen LogP contribution in [0.1, 0.15) is 55.3 Å². The summed E-state index contributed by atoms with van der Waals surface area (Å²) >= 11 is 0. The second kappa shape index (κ2) is 6.28. The molecule has 0 bridgehead atoms. The highest BCUT2D eigenvalue weighted by Crippen LogP contribution is 2.31. The molecule has 2 heteroatoms. The van der Waals surface area contributed by atoms with Crippen LogP contribution in [-0.4, -0.2) is 30.6 Å². The Morgan fingerprint density at radius 3 is 2.85 bits per heavy atom. The number of piperidine rings is 1. The summed E-state index contributed by atoms with van der Waals surface area (Å²) in [7, 11) is 0. The van der Waals surface area contributed by atoms with Gasteiger partial charge in [-0.05, 0) is 63.7 Å². The molecular weight excluding hydrogens is 244 g/mol. The fourth-order valence-electron chi connectivity index (χ4n) is 3.73. The molecule has 1 N–H and O–H groups in total. The maximum absolute atomic E-state index is 3.82. The Bertz CT molecular complexity index is 449. The van der Waals surface area contributed by atoms with E-state index in [0.717, 1.165) is 6.54 Å². The van der Waals surface area contributed by atoms with E-state index < -0.39 is 0 Å². The minimum Gasteiger partial charge on any atom is -0.308 e. The van der Waals surface area contributed by atoms with Gasteiger partial charge in [-0.15, -0.1) is 0 Å².